The molecule has 0 fully saturated rings. The Morgan fingerprint density at radius 2 is 2.20 bits per heavy atom. The Morgan fingerprint density at radius 1 is 1.35 bits per heavy atom. The average Bonchev–Trinajstić information content (AvgIpc) is 2.96. The standard InChI is InChI=1S/C12H12BrClN6/c1-19-7-16-18-11(19)6-20-10(2-3-14)17-9-4-8(13)5-15-12(9)20/h4-5,7H,2-3,6H2,1H3. The number of hydrogen-bond donors (Lipinski definition) is 0. The van der Waals surface area contributed by atoms with E-state index >= 15 is 0 Å². The number of imidazole rings is 1. The van der Waals surface area contributed by atoms with Crippen LogP contribution in [0.5, 0.6) is 0 Å². The summed E-state index contributed by atoms with van der Waals surface area (Å²) >= 11 is 9.28. The van der Waals surface area contributed by atoms with Gasteiger partial charge in [0.2, 0.25) is 0 Å². The molecule has 0 aliphatic rings. The van der Waals surface area contributed by atoms with Crippen molar-refractivity contribution in [2.75, 3.05) is 5.88 Å². The highest BCUT2D eigenvalue weighted by molar-refractivity contribution is 9.10. The topological polar surface area (TPSA) is 61.4 Å². The SMILES string of the molecule is Cn1cnnc1Cn1c(CCCl)nc2cc(Br)cnc21. The van der Waals surface area contributed by atoms with Crippen LogP contribution < -0.4 is 0 Å². The summed E-state index contributed by atoms with van der Waals surface area (Å²) in [5.41, 5.74) is 1.68. The summed E-state index contributed by atoms with van der Waals surface area (Å²) in [6.45, 7) is 0.577. The van der Waals surface area contributed by atoms with E-state index in [1.165, 1.54) is 0 Å². The summed E-state index contributed by atoms with van der Waals surface area (Å²) in [6, 6.07) is 1.95. The van der Waals surface area contributed by atoms with Crippen LogP contribution in [0.3, 0.4) is 0 Å². The van der Waals surface area contributed by atoms with Crippen molar-refractivity contribution in [2.45, 2.75) is 13.0 Å². The van der Waals surface area contributed by atoms with Crippen molar-refractivity contribution in [2.24, 2.45) is 7.05 Å². The number of halogens is 2. The molecular formula is C12H12BrClN6. The molecule has 0 aromatic carbocycles. The number of fused-ring (bicyclic) bond motifs is 1. The second-order valence-electron chi connectivity index (χ2n) is 4.41. The van der Waals surface area contributed by atoms with Crippen LogP contribution in [0, 0.1) is 0 Å². The Morgan fingerprint density at radius 3 is 2.90 bits per heavy atom. The molecule has 0 saturated carbocycles. The number of nitrogens with zero attached hydrogens (tertiary/aromatic N) is 6. The minimum Gasteiger partial charge on any atom is -0.319 e. The predicted molar refractivity (Wildman–Crippen MR) is 79.8 cm³/mol. The molecule has 0 bridgehead atoms. The summed E-state index contributed by atoms with van der Waals surface area (Å²) < 4.78 is 4.83. The maximum Gasteiger partial charge on any atom is 0.160 e. The molecule has 0 aliphatic carbocycles. The lowest BCUT2D eigenvalue weighted by atomic mass is 10.4. The first-order valence-corrected chi connectivity index (χ1v) is 7.41. The van der Waals surface area contributed by atoms with Gasteiger partial charge in [-0.3, -0.25) is 0 Å². The molecule has 0 radical (unpaired) electrons. The van der Waals surface area contributed by atoms with Crippen molar-refractivity contribution in [3.8, 4) is 0 Å². The van der Waals surface area contributed by atoms with Gasteiger partial charge in [-0.05, 0) is 22.0 Å². The summed E-state index contributed by atoms with van der Waals surface area (Å²) in [5.74, 6) is 2.27. The zero-order valence-electron chi connectivity index (χ0n) is 10.8. The van der Waals surface area contributed by atoms with Gasteiger partial charge in [0.05, 0.1) is 6.54 Å². The fourth-order valence-corrected chi connectivity index (χ4v) is 2.55. The van der Waals surface area contributed by atoms with Crippen LogP contribution in [0.4, 0.5) is 0 Å². The maximum atomic E-state index is 5.86. The lowest BCUT2D eigenvalue weighted by Crippen LogP contribution is -2.10. The lowest BCUT2D eigenvalue weighted by molar-refractivity contribution is 0.676. The first kappa shape index (κ1) is 13.5. The van der Waals surface area contributed by atoms with E-state index in [9.17, 15) is 0 Å². The fraction of sp³-hybridized carbons (Fsp3) is 0.333. The number of aryl methyl sites for hydroxylation is 2. The highest BCUT2D eigenvalue weighted by Crippen LogP contribution is 2.20. The van der Waals surface area contributed by atoms with Crippen molar-refractivity contribution in [3.63, 3.8) is 0 Å². The van der Waals surface area contributed by atoms with E-state index in [-0.39, 0.29) is 0 Å². The Balaban J connectivity index is 2.11. The van der Waals surface area contributed by atoms with Gasteiger partial charge >= 0.3 is 0 Å². The lowest BCUT2D eigenvalue weighted by Gasteiger charge is -2.07. The molecule has 3 aromatic rings. The van der Waals surface area contributed by atoms with Crippen molar-refractivity contribution in [3.05, 3.63) is 34.7 Å². The zero-order chi connectivity index (χ0) is 14.1. The molecule has 3 heterocycles. The van der Waals surface area contributed by atoms with Gasteiger partial charge in [-0.15, -0.1) is 21.8 Å². The van der Waals surface area contributed by atoms with E-state index in [4.69, 9.17) is 11.6 Å². The second-order valence-corrected chi connectivity index (χ2v) is 5.70. The fourth-order valence-electron chi connectivity index (χ4n) is 2.07. The summed E-state index contributed by atoms with van der Waals surface area (Å²) in [6.07, 6.45) is 4.13. The van der Waals surface area contributed by atoms with Gasteiger partial charge in [0.15, 0.2) is 11.5 Å². The smallest absolute Gasteiger partial charge is 0.160 e. The van der Waals surface area contributed by atoms with Crippen LogP contribution in [0.15, 0.2) is 23.1 Å². The molecule has 0 atom stereocenters. The van der Waals surface area contributed by atoms with Crippen molar-refractivity contribution >= 4 is 38.7 Å². The van der Waals surface area contributed by atoms with Gasteiger partial charge in [-0.1, -0.05) is 0 Å². The molecule has 0 unspecified atom stereocenters. The molecule has 8 heteroatoms. The molecule has 3 aromatic heterocycles. The first-order valence-electron chi connectivity index (χ1n) is 6.08. The van der Waals surface area contributed by atoms with Crippen molar-refractivity contribution in [1.82, 2.24) is 29.3 Å². The van der Waals surface area contributed by atoms with Gasteiger partial charge in [0, 0.05) is 30.0 Å². The number of pyridine rings is 1. The third-order valence-corrected chi connectivity index (χ3v) is 3.68. The summed E-state index contributed by atoms with van der Waals surface area (Å²) in [4.78, 5) is 9.05. The molecule has 6 nitrogen and oxygen atoms in total. The van der Waals surface area contributed by atoms with Crippen molar-refractivity contribution < 1.29 is 0 Å². The largest absolute Gasteiger partial charge is 0.319 e. The highest BCUT2D eigenvalue weighted by Gasteiger charge is 2.14. The van der Waals surface area contributed by atoms with E-state index in [1.807, 2.05) is 22.2 Å². The number of aromatic nitrogens is 6. The summed E-state index contributed by atoms with van der Waals surface area (Å²) in [5, 5.41) is 8.01. The normalized spacial score (nSPS) is 11.3. The van der Waals surface area contributed by atoms with Gasteiger partial charge in [0.1, 0.15) is 17.7 Å². The Labute approximate surface area is 128 Å². The molecule has 0 saturated heterocycles. The van der Waals surface area contributed by atoms with E-state index in [1.54, 1.807) is 12.5 Å². The predicted octanol–water partition coefficient (Wildman–Crippen LogP) is 2.15. The molecule has 20 heavy (non-hydrogen) atoms. The second kappa shape index (κ2) is 5.49. The van der Waals surface area contributed by atoms with Crippen LogP contribution in [0.1, 0.15) is 11.6 Å². The monoisotopic (exact) mass is 354 g/mol. The van der Waals surface area contributed by atoms with Crippen LogP contribution >= 0.6 is 27.5 Å². The third-order valence-electron chi connectivity index (χ3n) is 3.05. The Kier molecular flexibility index (Phi) is 3.71. The Bertz CT molecular complexity index is 750. The minimum absolute atomic E-state index is 0.517. The highest BCUT2D eigenvalue weighted by atomic mass is 79.9. The van der Waals surface area contributed by atoms with Crippen LogP contribution in [-0.2, 0) is 20.0 Å². The molecule has 0 aliphatic heterocycles. The average molecular weight is 356 g/mol. The molecular weight excluding hydrogens is 344 g/mol. The third kappa shape index (κ3) is 2.43. The molecule has 0 N–H and O–H groups in total. The number of rotatable bonds is 4. The van der Waals surface area contributed by atoms with Crippen molar-refractivity contribution in [1.29, 1.82) is 0 Å². The molecule has 3 rings (SSSR count). The van der Waals surface area contributed by atoms with E-state index in [2.05, 4.69) is 36.1 Å². The Hall–Kier alpha value is -1.47. The first-order chi connectivity index (χ1) is 9.69. The van der Waals surface area contributed by atoms with Gasteiger partial charge in [-0.2, -0.15) is 0 Å². The number of hydrogen-bond acceptors (Lipinski definition) is 4. The molecule has 0 amide bonds. The zero-order valence-corrected chi connectivity index (χ0v) is 13.1. The molecule has 104 valence electrons. The quantitative estimate of drug-likeness (QED) is 0.673. The van der Waals surface area contributed by atoms with Crippen LogP contribution in [-0.4, -0.2) is 35.2 Å². The van der Waals surface area contributed by atoms with Crippen LogP contribution in [0.2, 0.25) is 0 Å². The van der Waals surface area contributed by atoms with Gasteiger partial charge in [0.25, 0.3) is 0 Å². The van der Waals surface area contributed by atoms with Crippen LogP contribution in [0.25, 0.3) is 11.2 Å². The number of alkyl halides is 1. The van der Waals surface area contributed by atoms with Gasteiger partial charge in [-0.25, -0.2) is 9.97 Å². The molecule has 0 spiro atoms. The summed E-state index contributed by atoms with van der Waals surface area (Å²) in [7, 11) is 1.92. The maximum absolute atomic E-state index is 5.86. The minimum atomic E-state index is 0.517. The van der Waals surface area contributed by atoms with E-state index < -0.39 is 0 Å². The van der Waals surface area contributed by atoms with E-state index in [0.29, 0.717) is 18.8 Å². The van der Waals surface area contributed by atoms with Gasteiger partial charge < -0.3 is 9.13 Å². The van der Waals surface area contributed by atoms with E-state index in [0.717, 1.165) is 27.3 Å².